The van der Waals surface area contributed by atoms with Gasteiger partial charge in [-0.1, -0.05) is 23.7 Å². The lowest BCUT2D eigenvalue weighted by Crippen LogP contribution is -2.59. The average Bonchev–Trinajstić information content (AvgIpc) is 2.81. The van der Waals surface area contributed by atoms with Crippen LogP contribution in [0, 0.1) is 5.82 Å². The van der Waals surface area contributed by atoms with Crippen molar-refractivity contribution in [3.63, 3.8) is 0 Å². The Morgan fingerprint density at radius 3 is 2.91 bits per heavy atom. The number of methoxy groups -OCH3 is 1. The summed E-state index contributed by atoms with van der Waals surface area (Å²) in [4.78, 5) is 29.2. The number of fused-ring (bicyclic) bond motifs is 1. The van der Waals surface area contributed by atoms with Crippen LogP contribution in [-0.4, -0.2) is 68.9 Å². The largest absolute Gasteiger partial charge is 0.468 e. The molecule has 0 bridgehead atoms. The maximum Gasteiger partial charge on any atom is 0.326 e. The van der Waals surface area contributed by atoms with Crippen molar-refractivity contribution in [2.75, 3.05) is 55.5 Å². The number of nitrogens with one attached hydrogen (secondary N) is 2. The molecule has 2 unspecified atom stereocenters. The lowest BCUT2D eigenvalue weighted by molar-refractivity contribution is -0.153. The number of carbonyl (C=O) groups is 2. The fourth-order valence-electron chi connectivity index (χ4n) is 4.01. The number of halogens is 2. The zero-order valence-corrected chi connectivity index (χ0v) is 18.3. The van der Waals surface area contributed by atoms with Gasteiger partial charge in [0.05, 0.1) is 42.8 Å². The molecule has 4 rings (SSSR count). The molecule has 10 heteroatoms. The number of esters is 1. The highest BCUT2D eigenvalue weighted by Crippen LogP contribution is 2.32. The first-order chi connectivity index (χ1) is 15.5. The average molecular weight is 463 g/mol. The predicted octanol–water partition coefficient (Wildman–Crippen LogP) is 3.19. The number of ether oxygens (including phenoxy) is 2. The number of morpholine rings is 1. The van der Waals surface area contributed by atoms with Gasteiger partial charge in [0, 0.05) is 25.3 Å². The van der Waals surface area contributed by atoms with E-state index < -0.39 is 11.9 Å². The third-order valence-electron chi connectivity index (χ3n) is 5.60. The fourth-order valence-corrected chi connectivity index (χ4v) is 4.19. The van der Waals surface area contributed by atoms with Gasteiger partial charge in [-0.15, -0.1) is 0 Å². The van der Waals surface area contributed by atoms with Crippen LogP contribution in [-0.2, 0) is 14.3 Å². The molecule has 2 heterocycles. The summed E-state index contributed by atoms with van der Waals surface area (Å²) in [5.74, 6) is -0.929. The van der Waals surface area contributed by atoms with E-state index in [1.807, 2.05) is 29.2 Å². The van der Waals surface area contributed by atoms with E-state index in [2.05, 4.69) is 10.6 Å². The number of benzene rings is 2. The zero-order valence-electron chi connectivity index (χ0n) is 17.5. The second-order valence-electron chi connectivity index (χ2n) is 7.59. The minimum absolute atomic E-state index is 0.0747. The molecule has 0 spiro atoms. The summed E-state index contributed by atoms with van der Waals surface area (Å²) in [5.41, 5.74) is 1.91. The molecule has 170 valence electrons. The van der Waals surface area contributed by atoms with E-state index in [0.29, 0.717) is 37.6 Å². The monoisotopic (exact) mass is 462 g/mol. The van der Waals surface area contributed by atoms with E-state index in [9.17, 15) is 14.0 Å². The van der Waals surface area contributed by atoms with Crippen LogP contribution in [0.2, 0.25) is 5.02 Å². The van der Waals surface area contributed by atoms with Crippen LogP contribution >= 0.6 is 11.6 Å². The minimum atomic E-state index is -0.559. The van der Waals surface area contributed by atoms with E-state index in [1.54, 1.807) is 4.90 Å². The number of anilines is 3. The van der Waals surface area contributed by atoms with Gasteiger partial charge >= 0.3 is 12.0 Å². The Labute approximate surface area is 190 Å². The summed E-state index contributed by atoms with van der Waals surface area (Å²) in [7, 11) is 1.35. The number of hydrogen-bond acceptors (Lipinski definition) is 6. The van der Waals surface area contributed by atoms with Crippen molar-refractivity contribution >= 4 is 40.7 Å². The Hall–Kier alpha value is -2.88. The van der Waals surface area contributed by atoms with Gasteiger partial charge in [0.1, 0.15) is 11.9 Å². The first kappa shape index (κ1) is 22.3. The van der Waals surface area contributed by atoms with Gasteiger partial charge in [0.2, 0.25) is 0 Å². The summed E-state index contributed by atoms with van der Waals surface area (Å²) < 4.78 is 23.9. The topological polar surface area (TPSA) is 83.1 Å². The molecule has 2 atom stereocenters. The molecule has 0 saturated carbocycles. The fraction of sp³-hybridized carbons (Fsp3) is 0.364. The third kappa shape index (κ3) is 4.64. The van der Waals surface area contributed by atoms with Crippen LogP contribution in [0.15, 0.2) is 42.5 Å². The summed E-state index contributed by atoms with van der Waals surface area (Å²) in [5, 5.41) is 6.09. The molecule has 1 fully saturated rings. The Kier molecular flexibility index (Phi) is 6.78. The van der Waals surface area contributed by atoms with E-state index in [-0.39, 0.29) is 29.7 Å². The Morgan fingerprint density at radius 2 is 2.12 bits per heavy atom. The third-order valence-corrected chi connectivity index (χ3v) is 5.89. The Morgan fingerprint density at radius 1 is 1.31 bits per heavy atom. The molecule has 2 aromatic rings. The number of carbonyl (C=O) groups excluding carboxylic acids is 2. The molecule has 2 aliphatic rings. The Balaban J connectivity index is 1.60. The van der Waals surface area contributed by atoms with Gasteiger partial charge in [0.25, 0.3) is 0 Å². The molecule has 2 amide bonds. The van der Waals surface area contributed by atoms with Crippen LogP contribution in [0.5, 0.6) is 0 Å². The maximum absolute atomic E-state index is 13.5. The number of nitrogens with zero attached hydrogens (tertiary/aromatic N) is 2. The summed E-state index contributed by atoms with van der Waals surface area (Å²) in [6.07, 6.45) is 0. The van der Waals surface area contributed by atoms with Crippen molar-refractivity contribution in [1.82, 2.24) is 4.90 Å². The van der Waals surface area contributed by atoms with Crippen molar-refractivity contribution in [2.24, 2.45) is 0 Å². The van der Waals surface area contributed by atoms with Crippen molar-refractivity contribution in [2.45, 2.75) is 12.1 Å². The van der Waals surface area contributed by atoms with Gasteiger partial charge in [-0.05, 0) is 30.3 Å². The zero-order chi connectivity index (χ0) is 22.7. The molecule has 8 nitrogen and oxygen atoms in total. The molecule has 32 heavy (non-hydrogen) atoms. The van der Waals surface area contributed by atoms with Gasteiger partial charge in [-0.3, -0.25) is 14.6 Å². The summed E-state index contributed by atoms with van der Waals surface area (Å²) in [6.45, 7) is 2.19. The standard InChI is InChI=1S/C22H24ClFN4O4/c1-31-21(29)20-13-32-9-8-27(20)12-15-11-25-18-4-2-3-5-19(18)28(15)22(30)26-14-6-7-17(24)16(23)10-14/h2-7,10,15,20,25H,8-9,11-13H2,1H3,(H,26,30). The summed E-state index contributed by atoms with van der Waals surface area (Å²) in [6, 6.07) is 10.3. The lowest BCUT2D eigenvalue weighted by atomic mass is 10.1. The number of para-hydroxylation sites is 2. The molecule has 0 aromatic heterocycles. The van der Waals surface area contributed by atoms with E-state index >= 15 is 0 Å². The van der Waals surface area contributed by atoms with Crippen LogP contribution in [0.4, 0.5) is 26.2 Å². The van der Waals surface area contributed by atoms with Gasteiger partial charge in [-0.2, -0.15) is 0 Å². The van der Waals surface area contributed by atoms with E-state index in [1.165, 1.54) is 25.3 Å². The highest BCUT2D eigenvalue weighted by Gasteiger charge is 2.37. The van der Waals surface area contributed by atoms with Crippen molar-refractivity contribution in [1.29, 1.82) is 0 Å². The summed E-state index contributed by atoms with van der Waals surface area (Å²) >= 11 is 5.87. The SMILES string of the molecule is COC(=O)C1COCCN1CC1CNc2ccccc2N1C(=O)Nc1ccc(F)c(Cl)c1. The van der Waals surface area contributed by atoms with Crippen LogP contribution < -0.4 is 15.5 Å². The van der Waals surface area contributed by atoms with Crippen molar-refractivity contribution in [3.05, 3.63) is 53.3 Å². The smallest absolute Gasteiger partial charge is 0.326 e. The first-order valence-electron chi connectivity index (χ1n) is 10.3. The van der Waals surface area contributed by atoms with Gasteiger partial charge in [-0.25, -0.2) is 9.18 Å². The van der Waals surface area contributed by atoms with Crippen LogP contribution in [0.25, 0.3) is 0 Å². The molecule has 0 radical (unpaired) electrons. The predicted molar refractivity (Wildman–Crippen MR) is 120 cm³/mol. The molecule has 2 N–H and O–H groups in total. The number of hydrogen-bond donors (Lipinski definition) is 2. The molecule has 2 aromatic carbocycles. The number of amides is 2. The second kappa shape index (κ2) is 9.72. The molecule has 1 saturated heterocycles. The van der Waals surface area contributed by atoms with Crippen LogP contribution in [0.3, 0.4) is 0 Å². The van der Waals surface area contributed by atoms with Crippen LogP contribution in [0.1, 0.15) is 0 Å². The van der Waals surface area contributed by atoms with E-state index in [0.717, 1.165) is 5.69 Å². The minimum Gasteiger partial charge on any atom is -0.468 e. The normalized spacial score (nSPS) is 20.8. The van der Waals surface area contributed by atoms with Gasteiger partial charge < -0.3 is 20.1 Å². The first-order valence-corrected chi connectivity index (χ1v) is 10.6. The highest BCUT2D eigenvalue weighted by atomic mass is 35.5. The highest BCUT2D eigenvalue weighted by molar-refractivity contribution is 6.31. The van der Waals surface area contributed by atoms with E-state index in [4.69, 9.17) is 21.1 Å². The van der Waals surface area contributed by atoms with Crippen molar-refractivity contribution < 1.29 is 23.5 Å². The quantitative estimate of drug-likeness (QED) is 0.679. The molecular weight excluding hydrogens is 439 g/mol. The Bertz CT molecular complexity index is 1010. The molecule has 0 aliphatic carbocycles. The molecule has 2 aliphatic heterocycles. The second-order valence-corrected chi connectivity index (χ2v) is 8.00. The van der Waals surface area contributed by atoms with Gasteiger partial charge in [0.15, 0.2) is 0 Å². The van der Waals surface area contributed by atoms with Crippen molar-refractivity contribution in [3.8, 4) is 0 Å². The number of rotatable bonds is 4. The number of urea groups is 1. The maximum atomic E-state index is 13.5. The lowest BCUT2D eigenvalue weighted by Gasteiger charge is -2.42. The molecular formula is C22H24ClFN4O4.